The van der Waals surface area contributed by atoms with Gasteiger partial charge in [-0.25, -0.2) is 8.78 Å². The van der Waals surface area contributed by atoms with Crippen molar-refractivity contribution >= 4 is 0 Å². The van der Waals surface area contributed by atoms with E-state index < -0.39 is 11.6 Å². The number of rotatable bonds is 4. The second-order valence-corrected chi connectivity index (χ2v) is 4.15. The van der Waals surface area contributed by atoms with E-state index in [1.54, 1.807) is 24.1 Å². The summed E-state index contributed by atoms with van der Waals surface area (Å²) in [5, 5.41) is 4.04. The van der Waals surface area contributed by atoms with Gasteiger partial charge in [-0.05, 0) is 24.1 Å². The molecule has 18 heavy (non-hydrogen) atoms. The number of nitrogens with two attached hydrogens (primary N) is 1. The van der Waals surface area contributed by atoms with Gasteiger partial charge in [0.15, 0.2) is 0 Å². The van der Waals surface area contributed by atoms with Crippen LogP contribution < -0.4 is 11.3 Å². The highest BCUT2D eigenvalue weighted by Crippen LogP contribution is 2.18. The molecule has 0 aliphatic rings. The van der Waals surface area contributed by atoms with Crippen molar-refractivity contribution in [1.29, 1.82) is 0 Å². The number of benzene rings is 1. The molecule has 2 rings (SSSR count). The summed E-state index contributed by atoms with van der Waals surface area (Å²) < 4.78 is 27.8. The summed E-state index contributed by atoms with van der Waals surface area (Å²) in [4.78, 5) is 0. The molecule has 2 aromatic rings. The van der Waals surface area contributed by atoms with Crippen LogP contribution in [0.1, 0.15) is 17.2 Å². The second kappa shape index (κ2) is 5.24. The summed E-state index contributed by atoms with van der Waals surface area (Å²) in [5.74, 6) is 4.28. The van der Waals surface area contributed by atoms with Crippen molar-refractivity contribution in [3.8, 4) is 0 Å². The molecule has 96 valence electrons. The highest BCUT2D eigenvalue weighted by Gasteiger charge is 2.13. The number of hydrogen-bond acceptors (Lipinski definition) is 3. The first-order valence-corrected chi connectivity index (χ1v) is 5.48. The zero-order chi connectivity index (χ0) is 13.1. The minimum absolute atomic E-state index is 0.236. The normalized spacial score (nSPS) is 12.7. The minimum atomic E-state index is -0.591. The number of hydrogen-bond donors (Lipinski definition) is 2. The van der Waals surface area contributed by atoms with Crippen LogP contribution in [0.4, 0.5) is 8.78 Å². The number of nitrogens with zero attached hydrogens (tertiary/aromatic N) is 2. The molecule has 4 nitrogen and oxygen atoms in total. The van der Waals surface area contributed by atoms with Crippen molar-refractivity contribution in [2.75, 3.05) is 0 Å². The van der Waals surface area contributed by atoms with E-state index in [1.165, 1.54) is 12.1 Å². The van der Waals surface area contributed by atoms with Crippen molar-refractivity contribution in [3.05, 3.63) is 53.4 Å². The molecule has 1 heterocycles. The fraction of sp³-hybridized carbons (Fsp3) is 0.250. The van der Waals surface area contributed by atoms with Gasteiger partial charge in [0.1, 0.15) is 11.6 Å². The topological polar surface area (TPSA) is 55.9 Å². The molecule has 0 spiro atoms. The second-order valence-electron chi connectivity index (χ2n) is 4.15. The first-order chi connectivity index (χ1) is 8.58. The largest absolute Gasteiger partial charge is 0.275 e. The highest BCUT2D eigenvalue weighted by atomic mass is 19.1. The van der Waals surface area contributed by atoms with E-state index in [9.17, 15) is 8.78 Å². The van der Waals surface area contributed by atoms with Crippen LogP contribution in [-0.2, 0) is 13.5 Å². The maximum atomic E-state index is 13.1. The van der Waals surface area contributed by atoms with Gasteiger partial charge in [0.25, 0.3) is 0 Å². The molecule has 1 atom stereocenters. The maximum absolute atomic E-state index is 13.1. The lowest BCUT2D eigenvalue weighted by atomic mass is 10.0. The molecule has 3 N–H and O–H groups in total. The van der Waals surface area contributed by atoms with E-state index in [0.717, 1.165) is 11.6 Å². The van der Waals surface area contributed by atoms with Crippen LogP contribution in [0.15, 0.2) is 30.6 Å². The highest BCUT2D eigenvalue weighted by molar-refractivity contribution is 5.22. The van der Waals surface area contributed by atoms with E-state index >= 15 is 0 Å². The third kappa shape index (κ3) is 2.91. The summed E-state index contributed by atoms with van der Waals surface area (Å²) in [6, 6.07) is 3.20. The van der Waals surface area contributed by atoms with E-state index in [2.05, 4.69) is 10.5 Å². The Bertz CT molecular complexity index is 518. The van der Waals surface area contributed by atoms with Gasteiger partial charge >= 0.3 is 0 Å². The van der Waals surface area contributed by atoms with Crippen LogP contribution in [0, 0.1) is 11.6 Å². The van der Waals surface area contributed by atoms with Crippen molar-refractivity contribution in [2.24, 2.45) is 12.9 Å². The van der Waals surface area contributed by atoms with Gasteiger partial charge in [-0.15, -0.1) is 0 Å². The molecule has 0 saturated carbocycles. The summed E-state index contributed by atoms with van der Waals surface area (Å²) in [7, 11) is 1.79. The Labute approximate surface area is 103 Å². The Morgan fingerprint density at radius 2 is 2.00 bits per heavy atom. The van der Waals surface area contributed by atoms with E-state index in [-0.39, 0.29) is 6.04 Å². The third-order valence-electron chi connectivity index (χ3n) is 2.69. The fourth-order valence-corrected chi connectivity index (χ4v) is 1.86. The lowest BCUT2D eigenvalue weighted by Crippen LogP contribution is -2.29. The van der Waals surface area contributed by atoms with Gasteiger partial charge in [0.2, 0.25) is 0 Å². The number of halogens is 2. The van der Waals surface area contributed by atoms with E-state index in [0.29, 0.717) is 12.0 Å². The maximum Gasteiger partial charge on any atom is 0.126 e. The average Bonchev–Trinajstić information content (AvgIpc) is 2.71. The van der Waals surface area contributed by atoms with Crippen molar-refractivity contribution in [1.82, 2.24) is 15.2 Å². The molecule has 0 amide bonds. The molecule has 0 saturated heterocycles. The molecule has 0 aliphatic carbocycles. The monoisotopic (exact) mass is 252 g/mol. The van der Waals surface area contributed by atoms with Gasteiger partial charge < -0.3 is 0 Å². The summed E-state index contributed by atoms with van der Waals surface area (Å²) in [6.45, 7) is 0. The Hall–Kier alpha value is -1.79. The van der Waals surface area contributed by atoms with Gasteiger partial charge in [-0.2, -0.15) is 5.10 Å². The van der Waals surface area contributed by atoms with Gasteiger partial charge in [0.05, 0.1) is 12.2 Å². The predicted octanol–water partition coefficient (Wildman–Crippen LogP) is 1.45. The molecule has 0 fully saturated rings. The van der Waals surface area contributed by atoms with Crippen LogP contribution in [0.3, 0.4) is 0 Å². The van der Waals surface area contributed by atoms with Crippen LogP contribution in [0.2, 0.25) is 0 Å². The number of nitrogens with one attached hydrogen (secondary N) is 1. The molecule has 0 radical (unpaired) electrons. The number of hydrazine groups is 1. The van der Waals surface area contributed by atoms with Crippen molar-refractivity contribution in [2.45, 2.75) is 12.5 Å². The molecular weight excluding hydrogens is 238 g/mol. The van der Waals surface area contributed by atoms with Crippen LogP contribution in [0.5, 0.6) is 0 Å². The Kier molecular flexibility index (Phi) is 3.69. The number of aryl methyl sites for hydroxylation is 1. The first-order valence-electron chi connectivity index (χ1n) is 5.48. The summed E-state index contributed by atoms with van der Waals surface area (Å²) >= 11 is 0. The molecule has 0 aliphatic heterocycles. The van der Waals surface area contributed by atoms with E-state index in [4.69, 9.17) is 5.84 Å². The zero-order valence-corrected chi connectivity index (χ0v) is 9.90. The fourth-order valence-electron chi connectivity index (χ4n) is 1.86. The number of aromatic nitrogens is 2. The molecule has 1 aromatic heterocycles. The molecular formula is C12H14F2N4. The van der Waals surface area contributed by atoms with Crippen LogP contribution in [0.25, 0.3) is 0 Å². The van der Waals surface area contributed by atoms with Gasteiger partial charge in [-0.1, -0.05) is 0 Å². The predicted molar refractivity (Wildman–Crippen MR) is 63.3 cm³/mol. The van der Waals surface area contributed by atoms with Gasteiger partial charge in [-0.3, -0.25) is 16.0 Å². The van der Waals surface area contributed by atoms with Crippen LogP contribution >= 0.6 is 0 Å². The Morgan fingerprint density at radius 3 is 2.50 bits per heavy atom. The van der Waals surface area contributed by atoms with Crippen molar-refractivity contribution in [3.63, 3.8) is 0 Å². The lowest BCUT2D eigenvalue weighted by molar-refractivity contribution is 0.540. The van der Waals surface area contributed by atoms with E-state index in [1.807, 2.05) is 0 Å². The quantitative estimate of drug-likeness (QED) is 0.639. The molecule has 1 unspecified atom stereocenters. The zero-order valence-electron chi connectivity index (χ0n) is 9.90. The standard InChI is InChI=1S/C12H14F2N4/c1-18-7-9(6-16-18)12(17-15)4-8-2-10(13)5-11(14)3-8/h2-3,5-7,12,17H,4,15H2,1H3. The average molecular weight is 252 g/mol. The summed E-state index contributed by atoms with van der Waals surface area (Å²) in [6.07, 6.45) is 3.86. The molecule has 0 bridgehead atoms. The van der Waals surface area contributed by atoms with Gasteiger partial charge in [0, 0.05) is 24.9 Å². The lowest BCUT2D eigenvalue weighted by Gasteiger charge is -2.14. The molecule has 1 aromatic carbocycles. The SMILES string of the molecule is Cn1cc(C(Cc2cc(F)cc(F)c2)NN)cn1. The van der Waals surface area contributed by atoms with Crippen LogP contribution in [-0.4, -0.2) is 9.78 Å². The summed E-state index contributed by atoms with van der Waals surface area (Å²) in [5.41, 5.74) is 4.03. The first kappa shape index (κ1) is 12.7. The molecule has 6 heteroatoms. The smallest absolute Gasteiger partial charge is 0.126 e. The third-order valence-corrected chi connectivity index (χ3v) is 2.69. The minimum Gasteiger partial charge on any atom is -0.275 e. The Balaban J connectivity index is 2.20. The van der Waals surface area contributed by atoms with Crippen molar-refractivity contribution < 1.29 is 8.78 Å². The Morgan fingerprint density at radius 1 is 1.33 bits per heavy atom.